The van der Waals surface area contributed by atoms with Crippen molar-refractivity contribution in [1.82, 2.24) is 9.97 Å². The van der Waals surface area contributed by atoms with E-state index >= 15 is 0 Å². The molecule has 0 radical (unpaired) electrons. The van der Waals surface area contributed by atoms with Crippen LogP contribution in [0.25, 0.3) is 11.0 Å². The lowest BCUT2D eigenvalue weighted by Crippen LogP contribution is -2.27. The largest absolute Gasteiger partial charge is 0.491 e. The van der Waals surface area contributed by atoms with E-state index in [1.807, 2.05) is 47.4 Å². The molecule has 0 spiro atoms. The van der Waals surface area contributed by atoms with Crippen molar-refractivity contribution in [3.8, 4) is 5.75 Å². The molecule has 1 unspecified atom stereocenters. The minimum absolute atomic E-state index is 0.0379. The number of nitrogens with zero attached hydrogens (tertiary/aromatic N) is 2. The van der Waals surface area contributed by atoms with Crippen molar-refractivity contribution in [3.05, 3.63) is 54.4 Å². The molecule has 134 valence electrons. The Morgan fingerprint density at radius 1 is 1.19 bits per heavy atom. The molecular weight excluding hydrogens is 330 g/mol. The van der Waals surface area contributed by atoms with Gasteiger partial charge in [0.15, 0.2) is 0 Å². The summed E-state index contributed by atoms with van der Waals surface area (Å²) in [5, 5.41) is 0. The summed E-state index contributed by atoms with van der Waals surface area (Å²) in [5.41, 5.74) is 3.84. The van der Waals surface area contributed by atoms with E-state index in [2.05, 4.69) is 9.97 Å². The van der Waals surface area contributed by atoms with Crippen molar-refractivity contribution in [1.29, 1.82) is 0 Å². The number of carbonyl (C=O) groups is 1. The van der Waals surface area contributed by atoms with Gasteiger partial charge in [0.05, 0.1) is 30.0 Å². The molecule has 1 saturated heterocycles. The highest BCUT2D eigenvalue weighted by Gasteiger charge is 2.33. The lowest BCUT2D eigenvalue weighted by molar-refractivity contribution is -0.117. The highest BCUT2D eigenvalue weighted by Crippen LogP contribution is 2.38. The monoisotopic (exact) mass is 351 g/mol. The Kier molecular flexibility index (Phi) is 4.58. The number of imidazole rings is 1. The van der Waals surface area contributed by atoms with Crippen molar-refractivity contribution < 1.29 is 14.3 Å². The van der Waals surface area contributed by atoms with E-state index in [1.165, 1.54) is 0 Å². The number of hydrogen-bond acceptors (Lipinski definition) is 4. The number of rotatable bonds is 6. The van der Waals surface area contributed by atoms with Crippen LogP contribution in [0, 0.1) is 0 Å². The zero-order valence-electron chi connectivity index (χ0n) is 14.6. The van der Waals surface area contributed by atoms with Crippen LogP contribution >= 0.6 is 0 Å². The van der Waals surface area contributed by atoms with E-state index in [1.54, 1.807) is 13.4 Å². The third-order valence-corrected chi connectivity index (χ3v) is 4.72. The Morgan fingerprint density at radius 3 is 2.85 bits per heavy atom. The minimum Gasteiger partial charge on any atom is -0.491 e. The van der Waals surface area contributed by atoms with E-state index in [4.69, 9.17) is 9.47 Å². The molecule has 6 nitrogen and oxygen atoms in total. The van der Waals surface area contributed by atoms with Gasteiger partial charge >= 0.3 is 0 Å². The number of ether oxygens (including phenoxy) is 2. The summed E-state index contributed by atoms with van der Waals surface area (Å²) < 4.78 is 10.6. The Hall–Kier alpha value is -2.86. The van der Waals surface area contributed by atoms with Crippen LogP contribution < -0.4 is 9.64 Å². The third kappa shape index (κ3) is 3.15. The molecule has 0 saturated carbocycles. The zero-order valence-corrected chi connectivity index (χ0v) is 14.6. The number of aromatic amines is 1. The van der Waals surface area contributed by atoms with Crippen molar-refractivity contribution in [3.63, 3.8) is 0 Å². The van der Waals surface area contributed by atoms with Gasteiger partial charge in [-0.05, 0) is 42.3 Å². The van der Waals surface area contributed by atoms with Crippen LogP contribution in [0.15, 0.2) is 48.8 Å². The van der Waals surface area contributed by atoms with Crippen LogP contribution in [0.1, 0.15) is 24.4 Å². The molecule has 2 aromatic carbocycles. The first-order chi connectivity index (χ1) is 12.8. The summed E-state index contributed by atoms with van der Waals surface area (Å²) in [6.07, 6.45) is 3.03. The van der Waals surface area contributed by atoms with Gasteiger partial charge in [-0.25, -0.2) is 4.98 Å². The first-order valence-electron chi connectivity index (χ1n) is 8.73. The van der Waals surface area contributed by atoms with Crippen molar-refractivity contribution in [2.45, 2.75) is 18.9 Å². The summed E-state index contributed by atoms with van der Waals surface area (Å²) in [6.45, 7) is 1.08. The summed E-state index contributed by atoms with van der Waals surface area (Å²) in [5.74, 6) is 0.954. The van der Waals surface area contributed by atoms with Gasteiger partial charge < -0.3 is 19.4 Å². The number of carbonyl (C=O) groups excluding carboxylic acids is 1. The fraction of sp³-hybridized carbons (Fsp3) is 0.300. The lowest BCUT2D eigenvalue weighted by Gasteiger charge is -2.25. The van der Waals surface area contributed by atoms with Gasteiger partial charge in [0.1, 0.15) is 12.4 Å². The molecule has 1 amide bonds. The lowest BCUT2D eigenvalue weighted by atomic mass is 10.0. The maximum absolute atomic E-state index is 12.5. The summed E-state index contributed by atoms with van der Waals surface area (Å²) in [6, 6.07) is 13.9. The van der Waals surface area contributed by atoms with E-state index in [-0.39, 0.29) is 11.9 Å². The number of amides is 1. The second-order valence-corrected chi connectivity index (χ2v) is 6.33. The number of nitrogens with one attached hydrogen (secondary N) is 1. The number of fused-ring (bicyclic) bond motifs is 1. The van der Waals surface area contributed by atoms with Gasteiger partial charge in [-0.15, -0.1) is 0 Å². The molecule has 1 aliphatic heterocycles. The molecular formula is C20H21N3O3. The molecule has 1 fully saturated rings. The fourth-order valence-electron chi connectivity index (χ4n) is 3.43. The summed E-state index contributed by atoms with van der Waals surface area (Å²) >= 11 is 0. The van der Waals surface area contributed by atoms with Crippen LogP contribution in [-0.2, 0) is 9.53 Å². The molecule has 3 aromatic rings. The van der Waals surface area contributed by atoms with Crippen molar-refractivity contribution in [2.24, 2.45) is 0 Å². The second-order valence-electron chi connectivity index (χ2n) is 6.33. The molecule has 1 atom stereocenters. The first-order valence-corrected chi connectivity index (χ1v) is 8.73. The fourth-order valence-corrected chi connectivity index (χ4v) is 3.43. The number of hydrogen-bond donors (Lipinski definition) is 1. The van der Waals surface area contributed by atoms with E-state index < -0.39 is 0 Å². The highest BCUT2D eigenvalue weighted by molar-refractivity contribution is 5.98. The van der Waals surface area contributed by atoms with Crippen LogP contribution in [-0.4, -0.2) is 36.2 Å². The number of anilines is 1. The molecule has 2 heterocycles. The highest BCUT2D eigenvalue weighted by atomic mass is 16.5. The maximum atomic E-state index is 12.5. The number of benzene rings is 2. The van der Waals surface area contributed by atoms with Gasteiger partial charge in [0.25, 0.3) is 0 Å². The summed E-state index contributed by atoms with van der Waals surface area (Å²) in [4.78, 5) is 21.8. The normalized spacial score (nSPS) is 17.2. The minimum atomic E-state index is 0.0379. The van der Waals surface area contributed by atoms with Crippen molar-refractivity contribution >= 4 is 22.6 Å². The van der Waals surface area contributed by atoms with Gasteiger partial charge in [-0.1, -0.05) is 12.1 Å². The predicted octanol–water partition coefficient (Wildman–Crippen LogP) is 3.46. The van der Waals surface area contributed by atoms with E-state index in [0.717, 1.165) is 34.5 Å². The standard InChI is InChI=1S/C20H21N3O3/c1-25-10-11-26-16-5-2-14(3-6-16)19-8-9-20(24)23(19)15-4-7-17-18(12-15)22-13-21-17/h2-7,12-13,19H,8-11H2,1H3,(H,21,22). The van der Waals surface area contributed by atoms with Gasteiger partial charge in [0, 0.05) is 19.2 Å². The van der Waals surface area contributed by atoms with Crippen LogP contribution in [0.4, 0.5) is 5.69 Å². The quantitative estimate of drug-likeness (QED) is 0.691. The molecule has 26 heavy (non-hydrogen) atoms. The number of H-pyrrole nitrogens is 1. The molecule has 4 rings (SSSR count). The molecule has 0 aliphatic carbocycles. The predicted molar refractivity (Wildman–Crippen MR) is 99.4 cm³/mol. The Labute approximate surface area is 151 Å². The summed E-state index contributed by atoms with van der Waals surface area (Å²) in [7, 11) is 1.65. The molecule has 1 aliphatic rings. The Morgan fingerprint density at radius 2 is 2.04 bits per heavy atom. The SMILES string of the molecule is COCCOc1ccc(C2CCC(=O)N2c2ccc3nc[nH]c3c2)cc1. The van der Waals surface area contributed by atoms with E-state index in [0.29, 0.717) is 19.6 Å². The molecule has 1 aromatic heterocycles. The first kappa shape index (κ1) is 16.6. The Bertz CT molecular complexity index is 904. The van der Waals surface area contributed by atoms with E-state index in [9.17, 15) is 4.79 Å². The smallest absolute Gasteiger partial charge is 0.227 e. The third-order valence-electron chi connectivity index (χ3n) is 4.72. The van der Waals surface area contributed by atoms with Crippen molar-refractivity contribution in [2.75, 3.05) is 25.2 Å². The molecule has 1 N–H and O–H groups in total. The molecule has 0 bridgehead atoms. The van der Waals surface area contributed by atoms with Gasteiger partial charge in [0.2, 0.25) is 5.91 Å². The number of aromatic nitrogens is 2. The average Bonchev–Trinajstić information content (AvgIpc) is 3.28. The maximum Gasteiger partial charge on any atom is 0.227 e. The topological polar surface area (TPSA) is 67.5 Å². The average molecular weight is 351 g/mol. The van der Waals surface area contributed by atoms with Crippen LogP contribution in [0.2, 0.25) is 0 Å². The van der Waals surface area contributed by atoms with Crippen LogP contribution in [0.3, 0.4) is 0 Å². The Balaban J connectivity index is 1.57. The van der Waals surface area contributed by atoms with Gasteiger partial charge in [-0.2, -0.15) is 0 Å². The van der Waals surface area contributed by atoms with Crippen LogP contribution in [0.5, 0.6) is 5.75 Å². The molecule has 6 heteroatoms. The zero-order chi connectivity index (χ0) is 17.9. The number of methoxy groups -OCH3 is 1. The van der Waals surface area contributed by atoms with Gasteiger partial charge in [-0.3, -0.25) is 4.79 Å². The second kappa shape index (κ2) is 7.17.